The lowest BCUT2D eigenvalue weighted by atomic mass is 10.1. The van der Waals surface area contributed by atoms with Gasteiger partial charge in [-0.25, -0.2) is 9.97 Å². The van der Waals surface area contributed by atoms with E-state index in [1.54, 1.807) is 40.7 Å². The molecule has 0 radical (unpaired) electrons. The quantitative estimate of drug-likeness (QED) is 0.109. The highest BCUT2D eigenvalue weighted by molar-refractivity contribution is 6.00. The van der Waals surface area contributed by atoms with E-state index >= 15 is 0 Å². The Balaban J connectivity index is 0.00000101. The summed E-state index contributed by atoms with van der Waals surface area (Å²) < 4.78 is 24.4. The predicted octanol–water partition coefficient (Wildman–Crippen LogP) is 3.77. The highest BCUT2D eigenvalue weighted by Gasteiger charge is 2.33. The van der Waals surface area contributed by atoms with Gasteiger partial charge in [-0.3, -0.25) is 9.79 Å². The largest absolute Gasteiger partial charge is 0.497 e. The van der Waals surface area contributed by atoms with Crippen LogP contribution in [0.1, 0.15) is 49.6 Å². The van der Waals surface area contributed by atoms with Crippen LogP contribution in [0.2, 0.25) is 0 Å². The fourth-order valence-corrected chi connectivity index (χ4v) is 5.18. The van der Waals surface area contributed by atoms with Gasteiger partial charge in [-0.2, -0.15) is 0 Å². The first kappa shape index (κ1) is 36.7. The second-order valence-corrected chi connectivity index (χ2v) is 11.7. The minimum Gasteiger partial charge on any atom is -0.497 e. The Morgan fingerprint density at radius 3 is 2.51 bits per heavy atom. The van der Waals surface area contributed by atoms with Crippen LogP contribution in [0.25, 0.3) is 16.7 Å². The van der Waals surface area contributed by atoms with Crippen molar-refractivity contribution in [2.45, 2.75) is 57.9 Å². The number of benzene rings is 2. The number of nitrogens with one attached hydrogen (secondary N) is 2. The van der Waals surface area contributed by atoms with E-state index < -0.39 is 18.1 Å². The van der Waals surface area contributed by atoms with Gasteiger partial charge in [-0.1, -0.05) is 12.1 Å². The van der Waals surface area contributed by atoms with Crippen molar-refractivity contribution in [3.63, 3.8) is 0 Å². The van der Waals surface area contributed by atoms with Gasteiger partial charge < -0.3 is 50.1 Å². The van der Waals surface area contributed by atoms with Gasteiger partial charge in [0.2, 0.25) is 5.91 Å². The molecule has 14 nitrogen and oxygen atoms in total. The van der Waals surface area contributed by atoms with E-state index in [4.69, 9.17) is 34.9 Å². The topological polar surface area (TPSA) is 188 Å². The van der Waals surface area contributed by atoms with Crippen LogP contribution in [0.4, 0.5) is 5.82 Å². The molecule has 1 aliphatic heterocycles. The molecule has 1 saturated heterocycles. The normalized spacial score (nSPS) is 16.3. The number of hydrogen-bond acceptors (Lipinski definition) is 12. The number of amides is 1. The Hall–Kier alpha value is -5.18. The number of carbonyl (C=O) groups excluding carboxylic acids is 1. The first-order valence-corrected chi connectivity index (χ1v) is 15.6. The summed E-state index contributed by atoms with van der Waals surface area (Å²) in [4.78, 5) is 26.2. The van der Waals surface area contributed by atoms with Crippen LogP contribution in [0.5, 0.6) is 17.2 Å². The Morgan fingerprint density at radius 2 is 1.82 bits per heavy atom. The number of carbonyl (C=O) groups is 1. The average molecular weight is 676 g/mol. The number of rotatable bonds is 12. The highest BCUT2D eigenvalue weighted by Crippen LogP contribution is 2.36. The molecule has 262 valence electrons. The maximum absolute atomic E-state index is 13.0. The van der Waals surface area contributed by atoms with Gasteiger partial charge in [0.05, 0.1) is 26.7 Å². The number of ether oxygens (including phenoxy) is 4. The number of methoxy groups -OCH3 is 3. The summed E-state index contributed by atoms with van der Waals surface area (Å²) in [6, 6.07) is 13.2. The highest BCUT2D eigenvalue weighted by atomic mass is 16.5. The smallest absolute Gasteiger partial charge is 0.249 e. The Morgan fingerprint density at radius 1 is 1.08 bits per heavy atom. The third-order valence-electron chi connectivity index (χ3n) is 7.46. The molecule has 0 spiro atoms. The van der Waals surface area contributed by atoms with Crippen molar-refractivity contribution in [3.05, 3.63) is 77.8 Å². The van der Waals surface area contributed by atoms with E-state index in [9.17, 15) is 4.79 Å². The summed E-state index contributed by atoms with van der Waals surface area (Å²) >= 11 is 0. The molecule has 14 heteroatoms. The number of nitrogens with zero attached hydrogens (tertiary/aromatic N) is 4. The van der Waals surface area contributed by atoms with Crippen molar-refractivity contribution in [1.29, 1.82) is 0 Å². The molecule has 4 aromatic rings. The Kier molecular flexibility index (Phi) is 12.5. The number of anilines is 1. The van der Waals surface area contributed by atoms with Gasteiger partial charge in [0.15, 0.2) is 5.79 Å². The van der Waals surface area contributed by atoms with Crippen LogP contribution in [-0.2, 0) is 22.6 Å². The van der Waals surface area contributed by atoms with Crippen molar-refractivity contribution in [3.8, 4) is 17.2 Å². The summed E-state index contributed by atoms with van der Waals surface area (Å²) in [7, 11) is 6.53. The fraction of sp³-hybridized carbons (Fsp3) is 0.371. The molecular formula is C35H45N7O7. The Bertz CT molecular complexity index is 1780. The molecule has 0 bridgehead atoms. The van der Waals surface area contributed by atoms with Gasteiger partial charge in [0.1, 0.15) is 47.4 Å². The minimum absolute atomic E-state index is 0.170. The maximum atomic E-state index is 13.0. The van der Waals surface area contributed by atoms with Crippen LogP contribution in [-0.4, -0.2) is 77.1 Å². The molecule has 6 N–H and O–H groups in total. The van der Waals surface area contributed by atoms with E-state index in [2.05, 4.69) is 25.6 Å². The lowest BCUT2D eigenvalue weighted by Crippen LogP contribution is -2.34. The number of aliphatic hydroxyl groups is 2. The lowest BCUT2D eigenvalue weighted by Gasteiger charge is -2.16. The van der Waals surface area contributed by atoms with Gasteiger partial charge in [-0.05, 0) is 62.6 Å². The van der Waals surface area contributed by atoms with Crippen molar-refractivity contribution >= 4 is 34.7 Å². The van der Waals surface area contributed by atoms with E-state index in [0.717, 1.165) is 27.8 Å². The van der Waals surface area contributed by atoms with E-state index in [1.807, 2.05) is 53.2 Å². The molecule has 0 aliphatic carbocycles. The molecule has 2 unspecified atom stereocenters. The summed E-state index contributed by atoms with van der Waals surface area (Å²) in [6.07, 6.45) is 6.91. The molecule has 0 saturated carbocycles. The van der Waals surface area contributed by atoms with Gasteiger partial charge >= 0.3 is 0 Å². The minimum atomic E-state index is -1.50. The Labute approximate surface area is 285 Å². The molecule has 1 aliphatic rings. The predicted molar refractivity (Wildman–Crippen MR) is 187 cm³/mol. The molecule has 1 amide bonds. The molecule has 49 heavy (non-hydrogen) atoms. The van der Waals surface area contributed by atoms with Gasteiger partial charge in [0, 0.05) is 55.4 Å². The summed E-state index contributed by atoms with van der Waals surface area (Å²) in [5.74, 6) is 1.05. The lowest BCUT2D eigenvalue weighted by molar-refractivity contribution is -0.134. The van der Waals surface area contributed by atoms with Crippen molar-refractivity contribution in [2.24, 2.45) is 10.7 Å². The number of aromatic nitrogens is 3. The van der Waals surface area contributed by atoms with E-state index in [1.165, 1.54) is 20.2 Å². The van der Waals surface area contributed by atoms with Crippen LogP contribution in [0.3, 0.4) is 0 Å². The molecule has 5 rings (SSSR count). The van der Waals surface area contributed by atoms with Crippen molar-refractivity contribution in [2.75, 3.05) is 33.7 Å². The summed E-state index contributed by atoms with van der Waals surface area (Å²) in [5.41, 5.74) is 10.2. The third-order valence-corrected chi connectivity index (χ3v) is 7.46. The first-order chi connectivity index (χ1) is 23.4. The summed E-state index contributed by atoms with van der Waals surface area (Å²) in [5, 5.41) is 23.3. The van der Waals surface area contributed by atoms with Crippen LogP contribution < -0.4 is 30.6 Å². The fourth-order valence-electron chi connectivity index (χ4n) is 5.18. The number of fused-ring (bicyclic) bond motifs is 1. The molecule has 1 fully saturated rings. The van der Waals surface area contributed by atoms with E-state index in [-0.39, 0.29) is 5.91 Å². The summed E-state index contributed by atoms with van der Waals surface area (Å²) in [6.45, 7) is 3.40. The van der Waals surface area contributed by atoms with Crippen LogP contribution in [0, 0.1) is 0 Å². The second kappa shape index (κ2) is 16.8. The van der Waals surface area contributed by atoms with Gasteiger partial charge in [-0.15, -0.1) is 0 Å². The molecule has 2 atom stereocenters. The standard InChI is InChI=1S/C32H37N7O5.C3H8O2/c1-34-13-12-25(33)24-18-39(28-11-10-26(44-28)32(40)36-16-20-6-5-7-22(14-20)41-2)31-29(24)30(37-19-38-31)35-17-21-8-9-23(42-3)15-27(21)43-4;1-3(2,4)5/h5-9,12-15,18-19,26,28H,10-11,16-17,33H2,1-4H3,(H,36,40)(H,35,37,38);4-5H,1-2H3/b25-12-,34-13?;. The zero-order valence-corrected chi connectivity index (χ0v) is 28.6. The molecule has 2 aromatic heterocycles. The average Bonchev–Trinajstić information content (AvgIpc) is 3.74. The zero-order valence-electron chi connectivity index (χ0n) is 28.6. The van der Waals surface area contributed by atoms with Crippen LogP contribution >= 0.6 is 0 Å². The first-order valence-electron chi connectivity index (χ1n) is 15.6. The van der Waals surface area contributed by atoms with Crippen molar-refractivity contribution in [1.82, 2.24) is 19.9 Å². The van der Waals surface area contributed by atoms with Crippen molar-refractivity contribution < 1.29 is 34.0 Å². The molecular weight excluding hydrogens is 630 g/mol. The monoisotopic (exact) mass is 675 g/mol. The van der Waals surface area contributed by atoms with Crippen LogP contribution in [0.15, 0.2) is 66.1 Å². The zero-order chi connectivity index (χ0) is 35.6. The van der Waals surface area contributed by atoms with Gasteiger partial charge in [0.25, 0.3) is 0 Å². The SMILES string of the molecule is CC(C)(O)O.CN=C/C=C(\N)c1cn(C2CCC(C(=O)NCc3cccc(OC)c3)O2)c2ncnc(NCc3ccc(OC)cc3OC)c12. The number of hydrogen-bond donors (Lipinski definition) is 5. The third kappa shape index (κ3) is 9.92. The maximum Gasteiger partial charge on any atom is 0.249 e. The molecule has 2 aromatic carbocycles. The molecule has 3 heterocycles. The second-order valence-electron chi connectivity index (χ2n) is 11.7. The van der Waals surface area contributed by atoms with E-state index in [0.29, 0.717) is 54.6 Å². The number of nitrogens with two attached hydrogens (primary N) is 1. The number of allylic oxidation sites excluding steroid dienone is 1. The number of aliphatic imine (C=N–C) groups is 1.